The van der Waals surface area contributed by atoms with Gasteiger partial charge in [0.15, 0.2) is 11.6 Å². The van der Waals surface area contributed by atoms with Crippen molar-refractivity contribution in [2.45, 2.75) is 19.3 Å². The first kappa shape index (κ1) is 17.1. The molecule has 3 aromatic rings. The summed E-state index contributed by atoms with van der Waals surface area (Å²) < 4.78 is 28.9. The predicted octanol–water partition coefficient (Wildman–Crippen LogP) is 2.52. The molecule has 0 spiro atoms. The predicted molar refractivity (Wildman–Crippen MR) is 93.1 cm³/mol. The molecular weight excluding hydrogens is 356 g/mol. The van der Waals surface area contributed by atoms with Crippen molar-refractivity contribution in [3.05, 3.63) is 70.1 Å². The van der Waals surface area contributed by atoms with E-state index < -0.39 is 29.0 Å². The van der Waals surface area contributed by atoms with E-state index in [9.17, 15) is 18.4 Å². The number of anilines is 1. The van der Waals surface area contributed by atoms with Crippen LogP contribution in [0.15, 0.2) is 47.3 Å². The van der Waals surface area contributed by atoms with Crippen molar-refractivity contribution in [1.82, 2.24) is 19.8 Å². The third-order valence-electron chi connectivity index (χ3n) is 4.50. The number of hydrogen-bond acceptors (Lipinski definition) is 4. The van der Waals surface area contributed by atoms with Crippen LogP contribution in [0.4, 0.5) is 19.3 Å². The van der Waals surface area contributed by atoms with Gasteiger partial charge in [0, 0.05) is 12.2 Å². The first-order chi connectivity index (χ1) is 13.1. The summed E-state index contributed by atoms with van der Waals surface area (Å²) in [6.07, 6.45) is 2.48. The summed E-state index contributed by atoms with van der Waals surface area (Å²) >= 11 is 0. The normalized spacial score (nSPS) is 13.9. The van der Waals surface area contributed by atoms with E-state index in [-0.39, 0.29) is 0 Å². The molecule has 0 fully saturated rings. The van der Waals surface area contributed by atoms with Crippen molar-refractivity contribution in [2.75, 3.05) is 11.4 Å². The third kappa shape index (κ3) is 2.90. The summed E-state index contributed by atoms with van der Waals surface area (Å²) in [4.78, 5) is 27.0. The van der Waals surface area contributed by atoms with Crippen molar-refractivity contribution in [1.29, 1.82) is 0 Å². The zero-order valence-corrected chi connectivity index (χ0v) is 14.2. The molecule has 27 heavy (non-hydrogen) atoms. The zero-order valence-electron chi connectivity index (χ0n) is 14.2. The number of aromatic nitrogens is 4. The average Bonchev–Trinajstić information content (AvgIpc) is 2.90. The molecule has 0 aliphatic carbocycles. The van der Waals surface area contributed by atoms with Crippen LogP contribution in [0.5, 0.6) is 0 Å². The fraction of sp³-hybridized carbons (Fsp3) is 0.222. The van der Waals surface area contributed by atoms with Gasteiger partial charge in [-0.1, -0.05) is 24.3 Å². The van der Waals surface area contributed by atoms with E-state index in [1.165, 1.54) is 11.0 Å². The number of halogens is 2. The molecule has 4 rings (SSSR count). The Bertz CT molecular complexity index is 1060. The smallest absolute Gasteiger partial charge is 0.292 e. The Morgan fingerprint density at radius 3 is 2.48 bits per heavy atom. The van der Waals surface area contributed by atoms with Gasteiger partial charge in [-0.2, -0.15) is 4.68 Å². The molecular formula is C18H15F2N5O2. The van der Waals surface area contributed by atoms with Crippen LogP contribution >= 0.6 is 0 Å². The lowest BCUT2D eigenvalue weighted by atomic mass is 10.1. The highest BCUT2D eigenvalue weighted by molar-refractivity contribution is 5.93. The minimum Gasteiger partial charge on any atom is -0.292 e. The van der Waals surface area contributed by atoms with E-state index in [1.54, 1.807) is 12.1 Å². The minimum absolute atomic E-state index is 0.406. The molecule has 2 heterocycles. The molecule has 0 N–H and O–H groups in total. The highest BCUT2D eigenvalue weighted by atomic mass is 19.1. The number of carbonyl (C=O) groups is 1. The molecule has 0 saturated carbocycles. The molecule has 1 amide bonds. The van der Waals surface area contributed by atoms with Gasteiger partial charge in [0.05, 0.1) is 0 Å². The number of hydrogen-bond donors (Lipinski definition) is 0. The Morgan fingerprint density at radius 2 is 1.70 bits per heavy atom. The largest absolute Gasteiger partial charge is 0.377 e. The number of aryl methyl sites for hydroxylation is 1. The van der Waals surface area contributed by atoms with Gasteiger partial charge in [-0.15, -0.1) is 4.68 Å². The first-order valence-electron chi connectivity index (χ1n) is 8.47. The zero-order chi connectivity index (χ0) is 19.0. The quantitative estimate of drug-likeness (QED) is 0.616. The highest BCUT2D eigenvalue weighted by Gasteiger charge is 2.27. The standard InChI is InChI=1S/C18H15F2N5O2/c19-13-8-5-9-14(20)16(13)24-18(27)25(22-21-24)17(26)23-11-4-3-7-12-6-1-2-10-15(12)23/h1-2,5-6,8-10H,3-4,7,11H2. The molecule has 9 heteroatoms. The maximum absolute atomic E-state index is 14.0. The van der Waals surface area contributed by atoms with Crippen molar-refractivity contribution < 1.29 is 13.6 Å². The lowest BCUT2D eigenvalue weighted by molar-refractivity contribution is 0.243. The van der Waals surface area contributed by atoms with Crippen LogP contribution in [0.3, 0.4) is 0 Å². The molecule has 7 nitrogen and oxygen atoms in total. The van der Waals surface area contributed by atoms with Crippen LogP contribution in [-0.2, 0) is 6.42 Å². The fourth-order valence-electron chi connectivity index (χ4n) is 3.20. The molecule has 0 saturated heterocycles. The van der Waals surface area contributed by atoms with Gasteiger partial charge >= 0.3 is 11.7 Å². The Hall–Kier alpha value is -3.36. The molecule has 0 bridgehead atoms. The van der Waals surface area contributed by atoms with Gasteiger partial charge in [-0.3, -0.25) is 4.90 Å². The van der Waals surface area contributed by atoms with Crippen LogP contribution in [0.2, 0.25) is 0 Å². The van der Waals surface area contributed by atoms with Crippen LogP contribution in [-0.4, -0.2) is 32.4 Å². The lowest BCUT2D eigenvalue weighted by Gasteiger charge is -2.21. The van der Waals surface area contributed by atoms with Gasteiger partial charge in [0.2, 0.25) is 0 Å². The van der Waals surface area contributed by atoms with Gasteiger partial charge < -0.3 is 0 Å². The summed E-state index contributed by atoms with van der Waals surface area (Å²) in [5.74, 6) is -1.95. The van der Waals surface area contributed by atoms with E-state index in [4.69, 9.17) is 0 Å². The number of amides is 1. The van der Waals surface area contributed by atoms with E-state index in [1.807, 2.05) is 12.1 Å². The van der Waals surface area contributed by atoms with Gasteiger partial charge in [0.1, 0.15) is 5.69 Å². The first-order valence-corrected chi connectivity index (χ1v) is 8.47. The Morgan fingerprint density at radius 1 is 0.963 bits per heavy atom. The maximum atomic E-state index is 14.0. The lowest BCUT2D eigenvalue weighted by Crippen LogP contribution is -2.41. The maximum Gasteiger partial charge on any atom is 0.377 e. The Kier molecular flexibility index (Phi) is 4.27. The summed E-state index contributed by atoms with van der Waals surface area (Å²) in [5.41, 5.74) is -0.0222. The number of tetrazole rings is 1. The SMILES string of the molecule is O=C(N1CCCCc2ccccc21)n1nnn(-c2c(F)cccc2F)c1=O. The second kappa shape index (κ2) is 6.75. The topological polar surface area (TPSA) is 73.0 Å². The van der Waals surface area contributed by atoms with E-state index in [2.05, 4.69) is 10.4 Å². The number of nitrogens with zero attached hydrogens (tertiary/aromatic N) is 5. The summed E-state index contributed by atoms with van der Waals surface area (Å²) in [6.45, 7) is 0.406. The van der Waals surface area contributed by atoms with Crippen LogP contribution in [0.25, 0.3) is 5.69 Å². The van der Waals surface area contributed by atoms with Crippen molar-refractivity contribution in [3.8, 4) is 5.69 Å². The van der Waals surface area contributed by atoms with E-state index in [0.29, 0.717) is 21.6 Å². The molecule has 0 radical (unpaired) electrons. The molecule has 1 aliphatic rings. The Labute approximate surface area is 152 Å². The second-order valence-corrected chi connectivity index (χ2v) is 6.18. The molecule has 0 unspecified atom stereocenters. The van der Waals surface area contributed by atoms with Gasteiger partial charge in [-0.05, 0) is 53.5 Å². The second-order valence-electron chi connectivity index (χ2n) is 6.18. The van der Waals surface area contributed by atoms with Crippen molar-refractivity contribution in [3.63, 3.8) is 0 Å². The van der Waals surface area contributed by atoms with Gasteiger partial charge in [-0.25, -0.2) is 18.4 Å². The number of rotatable bonds is 1. The van der Waals surface area contributed by atoms with Crippen LogP contribution < -0.4 is 10.6 Å². The fourth-order valence-corrected chi connectivity index (χ4v) is 3.20. The minimum atomic E-state index is -1.04. The molecule has 138 valence electrons. The summed E-state index contributed by atoms with van der Waals surface area (Å²) in [6, 6.07) is 9.86. The highest BCUT2D eigenvalue weighted by Crippen LogP contribution is 2.26. The summed E-state index contributed by atoms with van der Waals surface area (Å²) in [5, 5.41) is 7.04. The molecule has 0 atom stereocenters. The number of carbonyl (C=O) groups excluding carboxylic acids is 1. The molecule has 2 aromatic carbocycles. The average molecular weight is 371 g/mol. The monoisotopic (exact) mass is 371 g/mol. The Balaban J connectivity index is 1.77. The number of fused-ring (bicyclic) bond motifs is 1. The van der Waals surface area contributed by atoms with Gasteiger partial charge in [0.25, 0.3) is 0 Å². The molecule has 1 aliphatic heterocycles. The third-order valence-corrected chi connectivity index (χ3v) is 4.50. The van der Waals surface area contributed by atoms with E-state index in [0.717, 1.165) is 37.0 Å². The van der Waals surface area contributed by atoms with Crippen molar-refractivity contribution >= 4 is 11.7 Å². The van der Waals surface area contributed by atoms with E-state index >= 15 is 0 Å². The van der Waals surface area contributed by atoms with Crippen LogP contribution in [0.1, 0.15) is 18.4 Å². The number of benzene rings is 2. The number of para-hydroxylation sites is 2. The molecule has 1 aromatic heterocycles. The van der Waals surface area contributed by atoms with Crippen LogP contribution in [0, 0.1) is 11.6 Å². The summed E-state index contributed by atoms with van der Waals surface area (Å²) in [7, 11) is 0. The van der Waals surface area contributed by atoms with Crippen molar-refractivity contribution in [2.24, 2.45) is 0 Å².